The summed E-state index contributed by atoms with van der Waals surface area (Å²) in [5.41, 5.74) is 1.93. The molecule has 0 unspecified atom stereocenters. The molecule has 0 aromatic heterocycles. The molecule has 0 saturated carbocycles. The van der Waals surface area contributed by atoms with Crippen LogP contribution >= 0.6 is 0 Å². The molecule has 2 aromatic carbocycles. The molecule has 1 saturated heterocycles. The Morgan fingerprint density at radius 3 is 1.94 bits per heavy atom. The van der Waals surface area contributed by atoms with E-state index in [2.05, 4.69) is 24.3 Å². The van der Waals surface area contributed by atoms with Crippen LogP contribution in [0.25, 0.3) is 0 Å². The molecule has 166 valence electrons. The third kappa shape index (κ3) is 6.95. The van der Waals surface area contributed by atoms with Gasteiger partial charge in [0.2, 0.25) is 0 Å². The van der Waals surface area contributed by atoms with Gasteiger partial charge in [0.1, 0.15) is 5.60 Å². The summed E-state index contributed by atoms with van der Waals surface area (Å²) in [7, 11) is 0. The Labute approximate surface area is 186 Å². The minimum absolute atomic E-state index is 0.0755. The predicted octanol–water partition coefficient (Wildman–Crippen LogP) is 5.84. The number of carbonyl (C=O) groups excluding carboxylic acids is 2. The van der Waals surface area contributed by atoms with Crippen molar-refractivity contribution in [3.63, 3.8) is 0 Å². The maximum absolute atomic E-state index is 13.6. The van der Waals surface area contributed by atoms with Crippen LogP contribution in [0.5, 0.6) is 0 Å². The van der Waals surface area contributed by atoms with Gasteiger partial charge in [-0.15, -0.1) is 0 Å². The number of hydrogen-bond acceptors (Lipinski definition) is 3. The smallest absolute Gasteiger partial charge is 0.410 e. The summed E-state index contributed by atoms with van der Waals surface area (Å²) in [4.78, 5) is 28.0. The molecule has 4 heteroatoms. The number of carbonyl (C=O) groups is 2. The molecule has 31 heavy (non-hydrogen) atoms. The summed E-state index contributed by atoms with van der Waals surface area (Å²) in [5.74, 6) is 0.115. The molecular formula is C27H35NO3. The summed E-state index contributed by atoms with van der Waals surface area (Å²) < 4.78 is 5.58. The van der Waals surface area contributed by atoms with Gasteiger partial charge in [0.05, 0.1) is 6.04 Å². The average Bonchev–Trinajstić information content (AvgIpc) is 3.24. The SMILES string of the molecule is CC(C)(C)OC(=O)N1CCC[C@H]1C(=O)C(CCc1ccccc1)CCc1ccccc1. The van der Waals surface area contributed by atoms with Gasteiger partial charge in [-0.2, -0.15) is 0 Å². The second kappa shape index (κ2) is 10.6. The Hall–Kier alpha value is -2.62. The Morgan fingerprint density at radius 1 is 0.935 bits per heavy atom. The van der Waals surface area contributed by atoms with E-state index in [9.17, 15) is 9.59 Å². The van der Waals surface area contributed by atoms with Gasteiger partial charge in [0.15, 0.2) is 5.78 Å². The first-order valence-electron chi connectivity index (χ1n) is 11.4. The van der Waals surface area contributed by atoms with E-state index < -0.39 is 5.60 Å². The highest BCUT2D eigenvalue weighted by Gasteiger charge is 2.38. The molecule has 0 bridgehead atoms. The van der Waals surface area contributed by atoms with Crippen LogP contribution in [0.15, 0.2) is 60.7 Å². The van der Waals surface area contributed by atoms with Crippen molar-refractivity contribution in [2.24, 2.45) is 5.92 Å². The molecule has 0 radical (unpaired) electrons. The number of ketones is 1. The van der Waals surface area contributed by atoms with Crippen LogP contribution in [0.3, 0.4) is 0 Å². The number of nitrogens with zero attached hydrogens (tertiary/aromatic N) is 1. The van der Waals surface area contributed by atoms with Crippen LogP contribution in [0.1, 0.15) is 57.6 Å². The Kier molecular flexibility index (Phi) is 7.89. The Morgan fingerprint density at radius 2 is 1.45 bits per heavy atom. The lowest BCUT2D eigenvalue weighted by molar-refractivity contribution is -0.127. The number of Topliss-reactive ketones (excluding diaryl/α,β-unsaturated/α-hetero) is 1. The highest BCUT2D eigenvalue weighted by atomic mass is 16.6. The number of hydrogen-bond donors (Lipinski definition) is 0. The zero-order valence-corrected chi connectivity index (χ0v) is 19.0. The van der Waals surface area contributed by atoms with E-state index in [-0.39, 0.29) is 23.8 Å². The van der Waals surface area contributed by atoms with Gasteiger partial charge in [-0.05, 0) is 70.4 Å². The molecule has 1 heterocycles. The minimum atomic E-state index is -0.562. The third-order valence-electron chi connectivity index (χ3n) is 5.86. The number of ether oxygens (including phenoxy) is 1. The van der Waals surface area contributed by atoms with Gasteiger partial charge >= 0.3 is 6.09 Å². The highest BCUT2D eigenvalue weighted by molar-refractivity contribution is 5.89. The molecule has 1 fully saturated rings. The Balaban J connectivity index is 1.71. The van der Waals surface area contributed by atoms with Crippen LogP contribution in [-0.2, 0) is 22.4 Å². The molecule has 2 aromatic rings. The first-order chi connectivity index (χ1) is 14.8. The molecule has 0 spiro atoms. The zero-order chi connectivity index (χ0) is 22.3. The van der Waals surface area contributed by atoms with E-state index in [1.54, 1.807) is 4.90 Å². The summed E-state index contributed by atoms with van der Waals surface area (Å²) in [6, 6.07) is 20.3. The quantitative estimate of drug-likeness (QED) is 0.538. The second-order valence-electron chi connectivity index (χ2n) is 9.48. The van der Waals surface area contributed by atoms with Crippen molar-refractivity contribution in [3.05, 3.63) is 71.8 Å². The van der Waals surface area contributed by atoms with Crippen molar-refractivity contribution in [2.75, 3.05) is 6.54 Å². The van der Waals surface area contributed by atoms with Gasteiger partial charge in [0.25, 0.3) is 0 Å². The normalized spacial score (nSPS) is 16.5. The third-order valence-corrected chi connectivity index (χ3v) is 5.86. The lowest BCUT2D eigenvalue weighted by Gasteiger charge is -2.30. The number of amides is 1. The van der Waals surface area contributed by atoms with Gasteiger partial charge in [-0.25, -0.2) is 4.79 Å². The summed E-state index contributed by atoms with van der Waals surface area (Å²) in [6.07, 6.45) is 4.54. The lowest BCUT2D eigenvalue weighted by atomic mass is 9.86. The van der Waals surface area contributed by atoms with Crippen LogP contribution in [0.4, 0.5) is 4.79 Å². The fourth-order valence-electron chi connectivity index (χ4n) is 4.27. The Bertz CT molecular complexity index is 798. The molecule has 0 aliphatic carbocycles. The first kappa shape index (κ1) is 23.1. The topological polar surface area (TPSA) is 46.6 Å². The molecule has 1 atom stereocenters. The van der Waals surface area contributed by atoms with Gasteiger partial charge < -0.3 is 4.74 Å². The number of rotatable bonds is 8. The van der Waals surface area contributed by atoms with E-state index in [4.69, 9.17) is 4.74 Å². The molecule has 1 aliphatic heterocycles. The zero-order valence-electron chi connectivity index (χ0n) is 19.0. The molecule has 1 aliphatic rings. The molecule has 4 nitrogen and oxygen atoms in total. The van der Waals surface area contributed by atoms with E-state index in [0.29, 0.717) is 6.54 Å². The molecule has 0 N–H and O–H groups in total. The lowest BCUT2D eigenvalue weighted by Crippen LogP contribution is -2.45. The van der Waals surface area contributed by atoms with Crippen molar-refractivity contribution in [3.8, 4) is 0 Å². The summed E-state index contributed by atoms with van der Waals surface area (Å²) >= 11 is 0. The van der Waals surface area contributed by atoms with Crippen molar-refractivity contribution < 1.29 is 14.3 Å². The number of aryl methyl sites for hydroxylation is 2. The predicted molar refractivity (Wildman–Crippen MR) is 124 cm³/mol. The minimum Gasteiger partial charge on any atom is -0.444 e. The van der Waals surface area contributed by atoms with Crippen molar-refractivity contribution >= 4 is 11.9 Å². The van der Waals surface area contributed by atoms with E-state index >= 15 is 0 Å². The van der Waals surface area contributed by atoms with E-state index in [1.807, 2.05) is 57.2 Å². The summed E-state index contributed by atoms with van der Waals surface area (Å²) in [5, 5.41) is 0. The van der Waals surface area contributed by atoms with Crippen LogP contribution < -0.4 is 0 Å². The van der Waals surface area contributed by atoms with Crippen LogP contribution in [-0.4, -0.2) is 35.0 Å². The summed E-state index contributed by atoms with van der Waals surface area (Å²) in [6.45, 7) is 6.18. The van der Waals surface area contributed by atoms with Crippen LogP contribution in [0.2, 0.25) is 0 Å². The van der Waals surface area contributed by atoms with Crippen molar-refractivity contribution in [2.45, 2.75) is 70.9 Å². The number of benzene rings is 2. The van der Waals surface area contributed by atoms with Crippen molar-refractivity contribution in [1.82, 2.24) is 4.90 Å². The highest BCUT2D eigenvalue weighted by Crippen LogP contribution is 2.27. The second-order valence-corrected chi connectivity index (χ2v) is 9.48. The maximum Gasteiger partial charge on any atom is 0.410 e. The largest absolute Gasteiger partial charge is 0.444 e. The molecule has 1 amide bonds. The molecule has 3 rings (SSSR count). The first-order valence-corrected chi connectivity index (χ1v) is 11.4. The fraction of sp³-hybridized carbons (Fsp3) is 0.481. The molecular weight excluding hydrogens is 386 g/mol. The fourth-order valence-corrected chi connectivity index (χ4v) is 4.27. The van der Waals surface area contributed by atoms with Crippen LogP contribution in [0, 0.1) is 5.92 Å². The van der Waals surface area contributed by atoms with Gasteiger partial charge in [-0.1, -0.05) is 60.7 Å². The number of likely N-dealkylation sites (tertiary alicyclic amines) is 1. The van der Waals surface area contributed by atoms with Crippen molar-refractivity contribution in [1.29, 1.82) is 0 Å². The van der Waals surface area contributed by atoms with E-state index in [0.717, 1.165) is 38.5 Å². The average molecular weight is 422 g/mol. The van der Waals surface area contributed by atoms with E-state index in [1.165, 1.54) is 11.1 Å². The monoisotopic (exact) mass is 421 g/mol. The van der Waals surface area contributed by atoms with Gasteiger partial charge in [-0.3, -0.25) is 9.69 Å². The standard InChI is InChI=1S/C27H35NO3/c1-27(2,3)31-26(30)28-20-10-15-24(28)25(29)23(18-16-21-11-6-4-7-12-21)19-17-22-13-8-5-9-14-22/h4-9,11-14,23-24H,10,15-20H2,1-3H3/t24-/m0/s1. The maximum atomic E-state index is 13.6. The van der Waals surface area contributed by atoms with Gasteiger partial charge in [0, 0.05) is 12.5 Å².